The summed E-state index contributed by atoms with van der Waals surface area (Å²) in [4.78, 5) is 5.96. The average Bonchev–Trinajstić information content (AvgIpc) is 3.17. The second kappa shape index (κ2) is 10.2. The minimum atomic E-state index is -4.13. The van der Waals surface area contributed by atoms with Crippen LogP contribution in [0.25, 0.3) is 0 Å². The quantitative estimate of drug-likeness (QED) is 0.395. The van der Waals surface area contributed by atoms with E-state index in [-0.39, 0.29) is 6.04 Å². The van der Waals surface area contributed by atoms with Crippen molar-refractivity contribution in [3.05, 3.63) is 0 Å². The summed E-state index contributed by atoms with van der Waals surface area (Å²) >= 11 is 0. The van der Waals surface area contributed by atoms with Crippen LogP contribution in [-0.2, 0) is 4.74 Å². The SMILES string of the molecule is CCNC(=NCCCOC1CCCC1)NC1CCN(CC(F)(F)F)C1. The minimum Gasteiger partial charge on any atom is -0.378 e. The fourth-order valence-corrected chi connectivity index (χ4v) is 3.42. The van der Waals surface area contributed by atoms with Crippen LogP contribution in [0.5, 0.6) is 0 Å². The van der Waals surface area contributed by atoms with Crippen molar-refractivity contribution in [3.8, 4) is 0 Å². The van der Waals surface area contributed by atoms with E-state index in [9.17, 15) is 13.2 Å². The maximum absolute atomic E-state index is 12.5. The molecule has 2 aliphatic rings. The third-order valence-electron chi connectivity index (χ3n) is 4.59. The van der Waals surface area contributed by atoms with Crippen LogP contribution in [0, 0.1) is 0 Å². The van der Waals surface area contributed by atoms with Gasteiger partial charge >= 0.3 is 6.18 Å². The van der Waals surface area contributed by atoms with Crippen LogP contribution in [-0.4, -0.2) is 68.5 Å². The topological polar surface area (TPSA) is 48.9 Å². The number of alkyl halides is 3. The van der Waals surface area contributed by atoms with Gasteiger partial charge in [-0.15, -0.1) is 0 Å². The van der Waals surface area contributed by atoms with E-state index < -0.39 is 12.7 Å². The Morgan fingerprint density at radius 3 is 2.68 bits per heavy atom. The fourth-order valence-electron chi connectivity index (χ4n) is 3.42. The van der Waals surface area contributed by atoms with Gasteiger partial charge < -0.3 is 15.4 Å². The van der Waals surface area contributed by atoms with Gasteiger partial charge in [0, 0.05) is 38.8 Å². The number of guanidine groups is 1. The van der Waals surface area contributed by atoms with Crippen LogP contribution in [0.1, 0.15) is 45.4 Å². The number of nitrogens with one attached hydrogen (secondary N) is 2. The highest BCUT2D eigenvalue weighted by molar-refractivity contribution is 5.80. The number of hydrogen-bond donors (Lipinski definition) is 2. The molecule has 1 aliphatic carbocycles. The van der Waals surface area contributed by atoms with Gasteiger partial charge in [0.25, 0.3) is 0 Å². The molecule has 5 nitrogen and oxygen atoms in total. The molecule has 0 radical (unpaired) electrons. The van der Waals surface area contributed by atoms with Crippen LogP contribution in [0.2, 0.25) is 0 Å². The summed E-state index contributed by atoms with van der Waals surface area (Å²) in [7, 11) is 0. The normalized spacial score (nSPS) is 23.4. The Bertz CT molecular complexity index is 411. The van der Waals surface area contributed by atoms with Crippen LogP contribution >= 0.6 is 0 Å². The molecule has 1 atom stereocenters. The van der Waals surface area contributed by atoms with Crippen molar-refractivity contribution in [1.29, 1.82) is 0 Å². The molecule has 1 unspecified atom stereocenters. The van der Waals surface area contributed by atoms with Crippen LogP contribution in [0.15, 0.2) is 4.99 Å². The molecule has 0 spiro atoms. The van der Waals surface area contributed by atoms with Crippen molar-refractivity contribution in [2.75, 3.05) is 39.3 Å². The first kappa shape index (κ1) is 20.3. The molecular weight excluding hydrogens is 333 g/mol. The molecule has 2 rings (SSSR count). The summed E-state index contributed by atoms with van der Waals surface area (Å²) < 4.78 is 43.2. The standard InChI is InChI=1S/C17H31F3N4O/c1-2-21-16(22-9-5-11-25-15-6-3-4-7-15)23-14-8-10-24(12-14)13-17(18,19)20/h14-15H,2-13H2,1H3,(H2,21,22,23). The van der Waals surface area contributed by atoms with Crippen molar-refractivity contribution < 1.29 is 17.9 Å². The van der Waals surface area contributed by atoms with E-state index >= 15 is 0 Å². The number of halogens is 3. The number of nitrogens with zero attached hydrogens (tertiary/aromatic N) is 2. The summed E-state index contributed by atoms with van der Waals surface area (Å²) in [6, 6.07) is 0.00916. The lowest BCUT2D eigenvalue weighted by Crippen LogP contribution is -2.45. The smallest absolute Gasteiger partial charge is 0.378 e. The zero-order chi connectivity index (χ0) is 18.1. The molecule has 0 aromatic carbocycles. The van der Waals surface area contributed by atoms with Crippen molar-refractivity contribution in [2.45, 2.75) is 63.8 Å². The molecule has 2 N–H and O–H groups in total. The molecule has 1 saturated carbocycles. The average molecular weight is 364 g/mol. The molecular formula is C17H31F3N4O. The Hall–Kier alpha value is -1.02. The minimum absolute atomic E-state index is 0.00916. The van der Waals surface area contributed by atoms with Crippen LogP contribution in [0.3, 0.4) is 0 Å². The van der Waals surface area contributed by atoms with E-state index in [0.29, 0.717) is 38.1 Å². The molecule has 0 aromatic heterocycles. The molecule has 8 heteroatoms. The molecule has 0 amide bonds. The molecule has 1 aliphatic heterocycles. The van der Waals surface area contributed by atoms with Gasteiger partial charge in [-0.05, 0) is 32.6 Å². The first-order valence-electron chi connectivity index (χ1n) is 9.42. The third-order valence-corrected chi connectivity index (χ3v) is 4.59. The van der Waals surface area contributed by atoms with Gasteiger partial charge in [0.2, 0.25) is 0 Å². The van der Waals surface area contributed by atoms with E-state index in [1.54, 1.807) is 0 Å². The third kappa shape index (κ3) is 8.27. The maximum Gasteiger partial charge on any atom is 0.401 e. The predicted octanol–water partition coefficient (Wildman–Crippen LogP) is 2.53. The molecule has 25 heavy (non-hydrogen) atoms. The van der Waals surface area contributed by atoms with E-state index in [1.807, 2.05) is 6.92 Å². The van der Waals surface area contributed by atoms with Crippen molar-refractivity contribution in [3.63, 3.8) is 0 Å². The fraction of sp³-hybridized carbons (Fsp3) is 0.941. The van der Waals surface area contributed by atoms with Gasteiger partial charge in [-0.1, -0.05) is 12.8 Å². The Kier molecular flexibility index (Phi) is 8.29. The zero-order valence-corrected chi connectivity index (χ0v) is 15.1. The van der Waals surface area contributed by atoms with Gasteiger partial charge in [-0.2, -0.15) is 13.2 Å². The lowest BCUT2D eigenvalue weighted by Gasteiger charge is -2.19. The molecule has 146 valence electrons. The lowest BCUT2D eigenvalue weighted by atomic mass is 10.3. The predicted molar refractivity (Wildman–Crippen MR) is 92.8 cm³/mol. The Labute approximate surface area is 148 Å². The molecule has 1 saturated heterocycles. The Balaban J connectivity index is 1.66. The Morgan fingerprint density at radius 1 is 1.24 bits per heavy atom. The number of hydrogen-bond acceptors (Lipinski definition) is 3. The monoisotopic (exact) mass is 364 g/mol. The molecule has 0 aromatic rings. The van der Waals surface area contributed by atoms with Crippen LogP contribution < -0.4 is 10.6 Å². The van der Waals surface area contributed by atoms with Gasteiger partial charge in [-0.3, -0.25) is 9.89 Å². The summed E-state index contributed by atoms with van der Waals surface area (Å²) in [5.41, 5.74) is 0. The molecule has 1 heterocycles. The molecule has 0 bridgehead atoms. The highest BCUT2D eigenvalue weighted by atomic mass is 19.4. The van der Waals surface area contributed by atoms with Gasteiger partial charge in [0.1, 0.15) is 0 Å². The summed E-state index contributed by atoms with van der Waals surface area (Å²) in [5, 5.41) is 6.42. The summed E-state index contributed by atoms with van der Waals surface area (Å²) in [5.74, 6) is 0.683. The number of aliphatic imine (C=N–C) groups is 1. The largest absolute Gasteiger partial charge is 0.401 e. The summed E-state index contributed by atoms with van der Waals surface area (Å²) in [6.07, 6.45) is 2.73. The van der Waals surface area contributed by atoms with Crippen molar-refractivity contribution >= 4 is 5.96 Å². The van der Waals surface area contributed by atoms with E-state index in [1.165, 1.54) is 30.6 Å². The van der Waals surface area contributed by atoms with Gasteiger partial charge in [0.15, 0.2) is 5.96 Å². The Morgan fingerprint density at radius 2 is 2.00 bits per heavy atom. The number of ether oxygens (including phenoxy) is 1. The second-order valence-corrected chi connectivity index (χ2v) is 6.87. The zero-order valence-electron chi connectivity index (χ0n) is 15.1. The highest BCUT2D eigenvalue weighted by Gasteiger charge is 2.34. The molecule has 2 fully saturated rings. The van der Waals surface area contributed by atoms with E-state index in [4.69, 9.17) is 4.74 Å². The second-order valence-electron chi connectivity index (χ2n) is 6.87. The van der Waals surface area contributed by atoms with Gasteiger partial charge in [0.05, 0.1) is 12.6 Å². The number of rotatable bonds is 8. The van der Waals surface area contributed by atoms with Crippen LogP contribution in [0.4, 0.5) is 13.2 Å². The lowest BCUT2D eigenvalue weighted by molar-refractivity contribution is -0.143. The van der Waals surface area contributed by atoms with Crippen molar-refractivity contribution in [2.24, 2.45) is 4.99 Å². The van der Waals surface area contributed by atoms with Gasteiger partial charge in [-0.25, -0.2) is 0 Å². The van der Waals surface area contributed by atoms with E-state index in [2.05, 4.69) is 15.6 Å². The highest BCUT2D eigenvalue weighted by Crippen LogP contribution is 2.21. The maximum atomic E-state index is 12.5. The first-order chi connectivity index (χ1) is 12.0. The van der Waals surface area contributed by atoms with E-state index in [0.717, 1.165) is 19.6 Å². The first-order valence-corrected chi connectivity index (χ1v) is 9.42. The number of likely N-dealkylation sites (tertiary alicyclic amines) is 1. The summed E-state index contributed by atoms with van der Waals surface area (Å²) in [6.45, 7) is 4.10. The van der Waals surface area contributed by atoms with Crippen molar-refractivity contribution in [1.82, 2.24) is 15.5 Å².